The molecule has 3 rings (SSSR count). The summed E-state index contributed by atoms with van der Waals surface area (Å²) in [4.78, 5) is 24.5. The number of rotatable bonds is 2. The van der Waals surface area contributed by atoms with E-state index in [1.165, 1.54) is 0 Å². The SMILES string of the molecule is CN(C)C(=O)C1CN(c2cnc3ccccc3n2)C1. The van der Waals surface area contributed by atoms with Gasteiger partial charge in [0.2, 0.25) is 5.91 Å². The first-order valence-corrected chi connectivity index (χ1v) is 6.33. The van der Waals surface area contributed by atoms with Crippen molar-refractivity contribution in [2.24, 2.45) is 5.92 Å². The molecule has 1 aromatic carbocycles. The minimum absolute atomic E-state index is 0.0864. The summed E-state index contributed by atoms with van der Waals surface area (Å²) in [5, 5.41) is 0. The lowest BCUT2D eigenvalue weighted by molar-refractivity contribution is -0.133. The molecule has 2 heterocycles. The number of benzene rings is 1. The summed E-state index contributed by atoms with van der Waals surface area (Å²) in [5.74, 6) is 1.12. The van der Waals surface area contributed by atoms with Crippen molar-refractivity contribution in [2.75, 3.05) is 32.1 Å². The van der Waals surface area contributed by atoms with Gasteiger partial charge in [-0.15, -0.1) is 0 Å². The van der Waals surface area contributed by atoms with Gasteiger partial charge >= 0.3 is 0 Å². The number of para-hydroxylation sites is 2. The number of amides is 1. The number of fused-ring (bicyclic) bond motifs is 1. The molecule has 0 aliphatic carbocycles. The molecule has 1 saturated heterocycles. The quantitative estimate of drug-likeness (QED) is 0.809. The van der Waals surface area contributed by atoms with Crippen molar-refractivity contribution in [3.05, 3.63) is 30.5 Å². The summed E-state index contributed by atoms with van der Waals surface area (Å²) in [6.07, 6.45) is 1.78. The fourth-order valence-electron chi connectivity index (χ4n) is 2.29. The smallest absolute Gasteiger partial charge is 0.228 e. The Morgan fingerprint density at radius 2 is 1.95 bits per heavy atom. The maximum Gasteiger partial charge on any atom is 0.228 e. The van der Waals surface area contributed by atoms with Crippen molar-refractivity contribution < 1.29 is 4.79 Å². The Balaban J connectivity index is 1.75. The van der Waals surface area contributed by atoms with Crippen molar-refractivity contribution in [2.45, 2.75) is 0 Å². The van der Waals surface area contributed by atoms with E-state index < -0.39 is 0 Å². The fourth-order valence-corrected chi connectivity index (χ4v) is 2.29. The summed E-state index contributed by atoms with van der Waals surface area (Å²) in [7, 11) is 3.58. The molecule has 1 aliphatic rings. The molecular weight excluding hydrogens is 240 g/mol. The maximum absolute atomic E-state index is 11.8. The summed E-state index contributed by atoms with van der Waals surface area (Å²) < 4.78 is 0. The Kier molecular flexibility index (Phi) is 2.81. The van der Waals surface area contributed by atoms with E-state index in [-0.39, 0.29) is 11.8 Å². The highest BCUT2D eigenvalue weighted by atomic mass is 16.2. The lowest BCUT2D eigenvalue weighted by atomic mass is 9.99. The van der Waals surface area contributed by atoms with Gasteiger partial charge in [-0.25, -0.2) is 4.98 Å². The average Bonchev–Trinajstić information content (AvgIpc) is 2.36. The van der Waals surface area contributed by atoms with Crippen LogP contribution in [-0.2, 0) is 4.79 Å². The molecule has 1 aromatic heterocycles. The third-order valence-corrected chi connectivity index (χ3v) is 3.43. The van der Waals surface area contributed by atoms with Crippen molar-refractivity contribution in [1.82, 2.24) is 14.9 Å². The van der Waals surface area contributed by atoms with Crippen LogP contribution in [0.2, 0.25) is 0 Å². The largest absolute Gasteiger partial charge is 0.354 e. The molecule has 0 N–H and O–H groups in total. The Hall–Kier alpha value is -2.17. The molecule has 19 heavy (non-hydrogen) atoms. The molecule has 1 fully saturated rings. The number of hydrogen-bond acceptors (Lipinski definition) is 4. The van der Waals surface area contributed by atoms with Crippen LogP contribution in [0.15, 0.2) is 30.5 Å². The van der Waals surface area contributed by atoms with Crippen LogP contribution in [0.5, 0.6) is 0 Å². The molecule has 1 aliphatic heterocycles. The molecule has 0 atom stereocenters. The number of carbonyl (C=O) groups is 1. The van der Waals surface area contributed by atoms with Gasteiger partial charge in [0, 0.05) is 27.2 Å². The zero-order valence-electron chi connectivity index (χ0n) is 11.1. The standard InChI is InChI=1S/C14H16N4O/c1-17(2)14(19)10-8-18(9-10)13-7-15-11-5-3-4-6-12(11)16-13/h3-7,10H,8-9H2,1-2H3. The number of carbonyl (C=O) groups excluding carboxylic acids is 1. The predicted molar refractivity (Wildman–Crippen MR) is 73.9 cm³/mol. The van der Waals surface area contributed by atoms with E-state index in [1.807, 2.05) is 24.3 Å². The zero-order valence-corrected chi connectivity index (χ0v) is 11.1. The second kappa shape index (κ2) is 4.50. The average molecular weight is 256 g/mol. The summed E-state index contributed by atoms with van der Waals surface area (Å²) in [6, 6.07) is 7.80. The summed E-state index contributed by atoms with van der Waals surface area (Å²) >= 11 is 0. The molecule has 0 radical (unpaired) electrons. The lowest BCUT2D eigenvalue weighted by Gasteiger charge is -2.39. The van der Waals surface area contributed by atoms with Crippen LogP contribution >= 0.6 is 0 Å². The number of aromatic nitrogens is 2. The third-order valence-electron chi connectivity index (χ3n) is 3.43. The van der Waals surface area contributed by atoms with Crippen molar-refractivity contribution in [3.8, 4) is 0 Å². The number of nitrogens with zero attached hydrogens (tertiary/aromatic N) is 4. The molecule has 0 spiro atoms. The van der Waals surface area contributed by atoms with Crippen LogP contribution < -0.4 is 4.90 Å². The van der Waals surface area contributed by atoms with Crippen LogP contribution in [0.4, 0.5) is 5.82 Å². The maximum atomic E-state index is 11.8. The van der Waals surface area contributed by atoms with Gasteiger partial charge in [-0.05, 0) is 12.1 Å². The molecule has 5 nitrogen and oxygen atoms in total. The van der Waals surface area contributed by atoms with E-state index in [2.05, 4.69) is 14.9 Å². The first kappa shape index (κ1) is 11.9. The van der Waals surface area contributed by atoms with E-state index in [4.69, 9.17) is 0 Å². The highest BCUT2D eigenvalue weighted by molar-refractivity contribution is 5.82. The van der Waals surface area contributed by atoms with Gasteiger partial charge in [0.1, 0.15) is 5.82 Å². The molecule has 1 amide bonds. The minimum Gasteiger partial charge on any atom is -0.354 e. The van der Waals surface area contributed by atoms with E-state index in [1.54, 1.807) is 25.2 Å². The Morgan fingerprint density at radius 1 is 1.26 bits per heavy atom. The number of anilines is 1. The van der Waals surface area contributed by atoms with Crippen LogP contribution in [-0.4, -0.2) is 48.0 Å². The van der Waals surface area contributed by atoms with Gasteiger partial charge in [-0.1, -0.05) is 12.1 Å². The first-order chi connectivity index (χ1) is 9.15. The van der Waals surface area contributed by atoms with Gasteiger partial charge in [0.05, 0.1) is 23.1 Å². The van der Waals surface area contributed by atoms with Crippen molar-refractivity contribution in [3.63, 3.8) is 0 Å². The number of hydrogen-bond donors (Lipinski definition) is 0. The van der Waals surface area contributed by atoms with Crippen LogP contribution in [0.3, 0.4) is 0 Å². The van der Waals surface area contributed by atoms with Gasteiger partial charge < -0.3 is 9.80 Å². The molecule has 2 aromatic rings. The lowest BCUT2D eigenvalue weighted by Crippen LogP contribution is -2.53. The van der Waals surface area contributed by atoms with Crippen LogP contribution in [0.1, 0.15) is 0 Å². The molecule has 0 bridgehead atoms. The van der Waals surface area contributed by atoms with Gasteiger partial charge in [0.15, 0.2) is 0 Å². The van der Waals surface area contributed by atoms with Crippen LogP contribution in [0, 0.1) is 5.92 Å². The highest BCUT2D eigenvalue weighted by Crippen LogP contribution is 2.24. The zero-order chi connectivity index (χ0) is 13.4. The van der Waals surface area contributed by atoms with E-state index >= 15 is 0 Å². The molecule has 0 saturated carbocycles. The second-order valence-electron chi connectivity index (χ2n) is 5.05. The van der Waals surface area contributed by atoms with E-state index in [0.29, 0.717) is 0 Å². The molecule has 98 valence electrons. The Bertz CT molecular complexity index is 620. The first-order valence-electron chi connectivity index (χ1n) is 6.33. The van der Waals surface area contributed by atoms with Gasteiger partial charge in [-0.3, -0.25) is 9.78 Å². The molecule has 5 heteroatoms. The summed E-state index contributed by atoms with van der Waals surface area (Å²) in [5.41, 5.74) is 1.79. The van der Waals surface area contributed by atoms with Gasteiger partial charge in [-0.2, -0.15) is 0 Å². The Morgan fingerprint density at radius 3 is 2.63 bits per heavy atom. The van der Waals surface area contributed by atoms with Crippen molar-refractivity contribution in [1.29, 1.82) is 0 Å². The monoisotopic (exact) mass is 256 g/mol. The third kappa shape index (κ3) is 2.12. The van der Waals surface area contributed by atoms with E-state index in [0.717, 1.165) is 29.9 Å². The van der Waals surface area contributed by atoms with E-state index in [9.17, 15) is 4.79 Å². The molecule has 0 unspecified atom stereocenters. The highest BCUT2D eigenvalue weighted by Gasteiger charge is 2.34. The summed E-state index contributed by atoms with van der Waals surface area (Å²) in [6.45, 7) is 1.45. The second-order valence-corrected chi connectivity index (χ2v) is 5.05. The van der Waals surface area contributed by atoms with Gasteiger partial charge in [0.25, 0.3) is 0 Å². The minimum atomic E-state index is 0.0864. The fraction of sp³-hybridized carbons (Fsp3) is 0.357. The van der Waals surface area contributed by atoms with Crippen LogP contribution in [0.25, 0.3) is 11.0 Å². The molecular formula is C14H16N4O. The topological polar surface area (TPSA) is 49.3 Å². The predicted octanol–water partition coefficient (Wildman–Crippen LogP) is 1.15. The Labute approximate surface area is 111 Å². The van der Waals surface area contributed by atoms with Crippen molar-refractivity contribution >= 4 is 22.8 Å². The normalized spacial score (nSPS) is 15.4.